The highest BCUT2D eigenvalue weighted by molar-refractivity contribution is 9.10. The number of carboxylic acid groups (broad SMARTS) is 1. The number of anilines is 1. The highest BCUT2D eigenvalue weighted by Crippen LogP contribution is 2.24. The van der Waals surface area contributed by atoms with Gasteiger partial charge in [-0.05, 0) is 46.3 Å². The average molecular weight is 345 g/mol. The Bertz CT molecular complexity index is 766. The Morgan fingerprint density at radius 1 is 1.14 bits per heavy atom. The summed E-state index contributed by atoms with van der Waals surface area (Å²) >= 11 is 3.25. The predicted octanol–water partition coefficient (Wildman–Crippen LogP) is 3.27. The number of carboxylic acids is 1. The molecular formula is C15H9BrN2O3. The number of carbonyl (C=O) groups excluding carboxylic acids is 1. The van der Waals surface area contributed by atoms with Crippen LogP contribution in [-0.4, -0.2) is 17.0 Å². The van der Waals surface area contributed by atoms with Crippen molar-refractivity contribution in [1.29, 1.82) is 5.26 Å². The van der Waals surface area contributed by atoms with Gasteiger partial charge in [0.15, 0.2) is 0 Å². The molecule has 1 amide bonds. The zero-order chi connectivity index (χ0) is 15.4. The van der Waals surface area contributed by atoms with Gasteiger partial charge in [-0.1, -0.05) is 12.1 Å². The number of carbonyl (C=O) groups is 2. The fraction of sp³-hybridized carbons (Fsp3) is 0. The van der Waals surface area contributed by atoms with E-state index in [1.807, 2.05) is 6.07 Å². The van der Waals surface area contributed by atoms with Crippen LogP contribution in [0.15, 0.2) is 46.9 Å². The zero-order valence-electron chi connectivity index (χ0n) is 10.6. The van der Waals surface area contributed by atoms with E-state index < -0.39 is 11.9 Å². The summed E-state index contributed by atoms with van der Waals surface area (Å²) in [6, 6.07) is 12.6. The minimum Gasteiger partial charge on any atom is -0.478 e. The van der Waals surface area contributed by atoms with Crippen molar-refractivity contribution in [3.8, 4) is 6.07 Å². The SMILES string of the molecule is N#Cc1ccc(NC(=O)c2ccccc2C(=O)O)c(Br)c1. The molecular weight excluding hydrogens is 336 g/mol. The third kappa shape index (κ3) is 3.27. The first-order valence-corrected chi connectivity index (χ1v) is 6.65. The Labute approximate surface area is 129 Å². The van der Waals surface area contributed by atoms with Gasteiger partial charge in [-0.3, -0.25) is 4.79 Å². The molecule has 0 saturated heterocycles. The molecule has 0 aliphatic carbocycles. The van der Waals surface area contributed by atoms with Crippen LogP contribution < -0.4 is 5.32 Å². The van der Waals surface area contributed by atoms with E-state index >= 15 is 0 Å². The number of nitriles is 1. The number of hydrogen-bond donors (Lipinski definition) is 2. The first-order chi connectivity index (χ1) is 10.0. The van der Waals surface area contributed by atoms with Crippen molar-refractivity contribution in [2.75, 3.05) is 5.32 Å². The number of benzene rings is 2. The second-order valence-electron chi connectivity index (χ2n) is 4.11. The normalized spacial score (nSPS) is 9.71. The first-order valence-electron chi connectivity index (χ1n) is 5.86. The Morgan fingerprint density at radius 2 is 1.81 bits per heavy atom. The topological polar surface area (TPSA) is 90.2 Å². The fourth-order valence-corrected chi connectivity index (χ4v) is 2.22. The standard InChI is InChI=1S/C15H9BrN2O3/c16-12-7-9(8-17)5-6-13(12)18-14(19)10-3-1-2-4-11(10)15(20)21/h1-7H,(H,18,19)(H,20,21). The monoisotopic (exact) mass is 344 g/mol. The Morgan fingerprint density at radius 3 is 2.38 bits per heavy atom. The molecule has 0 spiro atoms. The van der Waals surface area contributed by atoms with Crippen LogP contribution >= 0.6 is 15.9 Å². The minimum absolute atomic E-state index is 0.0697. The molecule has 0 bridgehead atoms. The van der Waals surface area contributed by atoms with Gasteiger partial charge in [0.2, 0.25) is 0 Å². The van der Waals surface area contributed by atoms with Crippen LogP contribution in [0, 0.1) is 11.3 Å². The van der Waals surface area contributed by atoms with Gasteiger partial charge in [0, 0.05) is 4.47 Å². The van der Waals surface area contributed by atoms with Crippen molar-refractivity contribution in [1.82, 2.24) is 0 Å². The van der Waals surface area contributed by atoms with Gasteiger partial charge >= 0.3 is 5.97 Å². The predicted molar refractivity (Wildman–Crippen MR) is 80.2 cm³/mol. The molecule has 5 nitrogen and oxygen atoms in total. The second kappa shape index (κ2) is 6.20. The fourth-order valence-electron chi connectivity index (χ4n) is 1.74. The second-order valence-corrected chi connectivity index (χ2v) is 4.97. The van der Waals surface area contributed by atoms with Gasteiger partial charge < -0.3 is 10.4 Å². The smallest absolute Gasteiger partial charge is 0.336 e. The molecule has 0 unspecified atom stereocenters. The molecule has 2 aromatic rings. The molecule has 0 saturated carbocycles. The van der Waals surface area contributed by atoms with E-state index in [-0.39, 0.29) is 11.1 Å². The van der Waals surface area contributed by atoms with Crippen molar-refractivity contribution in [3.05, 3.63) is 63.6 Å². The number of halogens is 1. The van der Waals surface area contributed by atoms with E-state index in [1.165, 1.54) is 12.1 Å². The maximum absolute atomic E-state index is 12.2. The Balaban J connectivity index is 2.31. The molecule has 2 aromatic carbocycles. The molecule has 0 atom stereocenters. The van der Waals surface area contributed by atoms with Gasteiger partial charge in [0.25, 0.3) is 5.91 Å². The van der Waals surface area contributed by atoms with Crippen molar-refractivity contribution in [3.63, 3.8) is 0 Å². The molecule has 2 N–H and O–H groups in total. The van der Waals surface area contributed by atoms with Crippen LogP contribution in [0.4, 0.5) is 5.69 Å². The number of rotatable bonds is 3. The summed E-state index contributed by atoms with van der Waals surface area (Å²) in [5, 5.41) is 20.5. The van der Waals surface area contributed by atoms with Crippen molar-refractivity contribution < 1.29 is 14.7 Å². The maximum Gasteiger partial charge on any atom is 0.336 e. The van der Waals surface area contributed by atoms with E-state index in [0.717, 1.165) is 0 Å². The Kier molecular flexibility index (Phi) is 4.36. The lowest BCUT2D eigenvalue weighted by Gasteiger charge is -2.09. The maximum atomic E-state index is 12.2. The van der Waals surface area contributed by atoms with Crippen LogP contribution in [0.3, 0.4) is 0 Å². The summed E-state index contributed by atoms with van der Waals surface area (Å²) in [5.41, 5.74) is 0.908. The summed E-state index contributed by atoms with van der Waals surface area (Å²) in [4.78, 5) is 23.3. The number of nitrogens with one attached hydrogen (secondary N) is 1. The molecule has 2 rings (SSSR count). The number of aromatic carboxylic acids is 1. The van der Waals surface area contributed by atoms with E-state index in [9.17, 15) is 9.59 Å². The van der Waals surface area contributed by atoms with Crippen LogP contribution in [-0.2, 0) is 0 Å². The average Bonchev–Trinajstić information content (AvgIpc) is 2.49. The number of nitrogens with zero attached hydrogens (tertiary/aromatic N) is 1. The van der Waals surface area contributed by atoms with Crippen LogP contribution in [0.2, 0.25) is 0 Å². The van der Waals surface area contributed by atoms with Gasteiger partial charge in [-0.25, -0.2) is 4.79 Å². The molecule has 6 heteroatoms. The van der Waals surface area contributed by atoms with E-state index in [2.05, 4.69) is 21.2 Å². The van der Waals surface area contributed by atoms with Gasteiger partial charge in [0.1, 0.15) is 0 Å². The number of amides is 1. The molecule has 104 valence electrons. The molecule has 0 fully saturated rings. The quantitative estimate of drug-likeness (QED) is 0.893. The summed E-state index contributed by atoms with van der Waals surface area (Å²) in [5.74, 6) is -1.70. The molecule has 0 radical (unpaired) electrons. The van der Waals surface area contributed by atoms with Gasteiger partial charge in [0.05, 0.1) is 28.4 Å². The Hall–Kier alpha value is -2.65. The van der Waals surface area contributed by atoms with Crippen LogP contribution in [0.5, 0.6) is 0 Å². The lowest BCUT2D eigenvalue weighted by atomic mass is 10.1. The van der Waals surface area contributed by atoms with Crippen molar-refractivity contribution in [2.45, 2.75) is 0 Å². The lowest BCUT2D eigenvalue weighted by Crippen LogP contribution is -2.16. The highest BCUT2D eigenvalue weighted by Gasteiger charge is 2.16. The summed E-state index contributed by atoms with van der Waals surface area (Å²) in [7, 11) is 0. The third-order valence-electron chi connectivity index (χ3n) is 2.75. The van der Waals surface area contributed by atoms with E-state index in [0.29, 0.717) is 15.7 Å². The summed E-state index contributed by atoms with van der Waals surface area (Å²) in [6.45, 7) is 0. The third-order valence-corrected chi connectivity index (χ3v) is 3.40. The number of hydrogen-bond acceptors (Lipinski definition) is 3. The zero-order valence-corrected chi connectivity index (χ0v) is 12.2. The van der Waals surface area contributed by atoms with Gasteiger partial charge in [-0.2, -0.15) is 5.26 Å². The van der Waals surface area contributed by atoms with Crippen LogP contribution in [0.1, 0.15) is 26.3 Å². The van der Waals surface area contributed by atoms with E-state index in [4.69, 9.17) is 10.4 Å². The van der Waals surface area contributed by atoms with E-state index in [1.54, 1.807) is 30.3 Å². The van der Waals surface area contributed by atoms with Crippen molar-refractivity contribution in [2.24, 2.45) is 0 Å². The first kappa shape index (κ1) is 14.8. The highest BCUT2D eigenvalue weighted by atomic mass is 79.9. The van der Waals surface area contributed by atoms with Gasteiger partial charge in [-0.15, -0.1) is 0 Å². The summed E-state index contributed by atoms with van der Waals surface area (Å²) in [6.07, 6.45) is 0. The molecule has 0 aromatic heterocycles. The van der Waals surface area contributed by atoms with Crippen molar-refractivity contribution >= 4 is 33.5 Å². The minimum atomic E-state index is -1.17. The molecule has 0 aliphatic rings. The molecule has 0 heterocycles. The molecule has 0 aliphatic heterocycles. The lowest BCUT2D eigenvalue weighted by molar-refractivity contribution is 0.0692. The summed E-state index contributed by atoms with van der Waals surface area (Å²) < 4.78 is 0.544. The largest absolute Gasteiger partial charge is 0.478 e. The molecule has 21 heavy (non-hydrogen) atoms. The van der Waals surface area contributed by atoms with Crippen LogP contribution in [0.25, 0.3) is 0 Å².